The predicted molar refractivity (Wildman–Crippen MR) is 79.5 cm³/mol. The Morgan fingerprint density at radius 3 is 3.00 bits per heavy atom. The second-order valence-electron chi connectivity index (χ2n) is 5.27. The summed E-state index contributed by atoms with van der Waals surface area (Å²) >= 11 is 3.31. The van der Waals surface area contributed by atoms with Crippen molar-refractivity contribution in [1.29, 1.82) is 0 Å². The fraction of sp³-hybridized carbons (Fsp3) is 0.357. The van der Waals surface area contributed by atoms with Crippen LogP contribution in [0.3, 0.4) is 0 Å². The Kier molecular flexibility index (Phi) is 3.96. The van der Waals surface area contributed by atoms with Crippen molar-refractivity contribution in [1.82, 2.24) is 19.7 Å². The molecule has 1 aromatic carbocycles. The maximum absolute atomic E-state index is 13.9. The number of rotatable bonds is 3. The van der Waals surface area contributed by atoms with E-state index >= 15 is 0 Å². The molecule has 0 amide bonds. The highest BCUT2D eigenvalue weighted by Crippen LogP contribution is 2.23. The Bertz CT molecular complexity index is 734. The van der Waals surface area contributed by atoms with Gasteiger partial charge in [-0.05, 0) is 25.1 Å². The van der Waals surface area contributed by atoms with Crippen LogP contribution in [0.15, 0.2) is 22.7 Å². The number of hydrogen-bond donors (Lipinski definition) is 1. The maximum atomic E-state index is 13.9. The minimum atomic E-state index is -0.936. The number of aryl methyl sites for hydroxylation is 1. The second kappa shape index (κ2) is 5.77. The summed E-state index contributed by atoms with van der Waals surface area (Å²) in [6, 6.07) is 3.91. The van der Waals surface area contributed by atoms with Crippen molar-refractivity contribution >= 4 is 21.9 Å². The van der Waals surface area contributed by atoms with Crippen LogP contribution in [0.1, 0.15) is 17.2 Å². The van der Waals surface area contributed by atoms with Crippen LogP contribution in [-0.2, 0) is 24.4 Å². The van der Waals surface area contributed by atoms with Gasteiger partial charge in [0, 0.05) is 16.6 Å². The average Bonchev–Trinajstić information content (AvgIpc) is 2.83. The van der Waals surface area contributed by atoms with Crippen molar-refractivity contribution in [3.05, 3.63) is 45.7 Å². The number of aliphatic carboxylic acids is 1. The number of carboxylic acids is 1. The monoisotopic (exact) mass is 368 g/mol. The first kappa shape index (κ1) is 15.1. The van der Waals surface area contributed by atoms with E-state index in [1.807, 2.05) is 0 Å². The zero-order valence-corrected chi connectivity index (χ0v) is 13.4. The van der Waals surface area contributed by atoms with Gasteiger partial charge in [0.1, 0.15) is 23.5 Å². The molecular weight excluding hydrogens is 355 g/mol. The normalized spacial score (nSPS) is 18.2. The SMILES string of the molecule is Cc1nnc2n1CC(C(=O)O)N(Cc1cc(Br)ccc1F)C2. The van der Waals surface area contributed by atoms with Crippen LogP contribution >= 0.6 is 15.9 Å². The minimum absolute atomic E-state index is 0.203. The second-order valence-corrected chi connectivity index (χ2v) is 6.18. The summed E-state index contributed by atoms with van der Waals surface area (Å²) < 4.78 is 16.5. The van der Waals surface area contributed by atoms with E-state index in [9.17, 15) is 14.3 Å². The molecular formula is C14H14BrFN4O2. The molecule has 0 radical (unpaired) electrons. The van der Waals surface area contributed by atoms with Gasteiger partial charge in [-0.15, -0.1) is 10.2 Å². The van der Waals surface area contributed by atoms with Gasteiger partial charge in [0.15, 0.2) is 0 Å². The Morgan fingerprint density at radius 2 is 2.27 bits per heavy atom. The summed E-state index contributed by atoms with van der Waals surface area (Å²) in [4.78, 5) is 13.3. The van der Waals surface area contributed by atoms with Gasteiger partial charge in [-0.25, -0.2) is 4.39 Å². The predicted octanol–water partition coefficient (Wildman–Crippen LogP) is 1.96. The Balaban J connectivity index is 1.91. The van der Waals surface area contributed by atoms with Crippen LogP contribution in [0.25, 0.3) is 0 Å². The highest BCUT2D eigenvalue weighted by molar-refractivity contribution is 9.10. The molecule has 0 bridgehead atoms. The number of benzene rings is 1. The first-order chi connectivity index (χ1) is 10.5. The van der Waals surface area contributed by atoms with Gasteiger partial charge in [0.05, 0.1) is 13.1 Å². The van der Waals surface area contributed by atoms with E-state index in [-0.39, 0.29) is 18.9 Å². The number of aromatic nitrogens is 3. The number of carboxylic acid groups (broad SMARTS) is 1. The molecule has 22 heavy (non-hydrogen) atoms. The quantitative estimate of drug-likeness (QED) is 0.896. The topological polar surface area (TPSA) is 71.2 Å². The molecule has 0 aliphatic carbocycles. The molecule has 1 aliphatic rings. The van der Waals surface area contributed by atoms with Crippen molar-refractivity contribution < 1.29 is 14.3 Å². The third kappa shape index (κ3) is 2.76. The zero-order valence-electron chi connectivity index (χ0n) is 11.8. The summed E-state index contributed by atoms with van der Waals surface area (Å²) in [6.07, 6.45) is 0. The van der Waals surface area contributed by atoms with Crippen LogP contribution < -0.4 is 0 Å². The third-order valence-electron chi connectivity index (χ3n) is 3.82. The van der Waals surface area contributed by atoms with E-state index in [1.165, 1.54) is 6.07 Å². The molecule has 116 valence electrons. The van der Waals surface area contributed by atoms with E-state index in [2.05, 4.69) is 26.1 Å². The lowest BCUT2D eigenvalue weighted by molar-refractivity contribution is -0.145. The summed E-state index contributed by atoms with van der Waals surface area (Å²) in [5.41, 5.74) is 0.449. The third-order valence-corrected chi connectivity index (χ3v) is 4.31. The number of hydrogen-bond acceptors (Lipinski definition) is 4. The maximum Gasteiger partial charge on any atom is 0.322 e. The zero-order chi connectivity index (χ0) is 15.9. The lowest BCUT2D eigenvalue weighted by Gasteiger charge is -2.33. The molecule has 1 N–H and O–H groups in total. The summed E-state index contributed by atoms with van der Waals surface area (Å²) in [6.45, 7) is 2.58. The van der Waals surface area contributed by atoms with Gasteiger partial charge < -0.3 is 9.67 Å². The number of halogens is 2. The van der Waals surface area contributed by atoms with Gasteiger partial charge in [0.2, 0.25) is 0 Å². The van der Waals surface area contributed by atoms with Gasteiger partial charge in [0.25, 0.3) is 0 Å². The molecule has 8 heteroatoms. The van der Waals surface area contributed by atoms with Gasteiger partial charge >= 0.3 is 5.97 Å². The first-order valence-electron chi connectivity index (χ1n) is 6.75. The summed E-state index contributed by atoms with van der Waals surface area (Å²) in [5.74, 6) is 0.102. The van der Waals surface area contributed by atoms with E-state index in [4.69, 9.17) is 0 Å². The van der Waals surface area contributed by atoms with Crippen LogP contribution in [0.4, 0.5) is 4.39 Å². The fourth-order valence-electron chi connectivity index (χ4n) is 2.64. The molecule has 0 saturated heterocycles. The average molecular weight is 369 g/mol. The van der Waals surface area contributed by atoms with E-state index in [0.717, 1.165) is 4.47 Å². The van der Waals surface area contributed by atoms with Crippen molar-refractivity contribution in [3.63, 3.8) is 0 Å². The van der Waals surface area contributed by atoms with Gasteiger partial charge in [-0.2, -0.15) is 0 Å². The first-order valence-corrected chi connectivity index (χ1v) is 7.54. The Morgan fingerprint density at radius 1 is 1.50 bits per heavy atom. The molecule has 1 aliphatic heterocycles. The van der Waals surface area contributed by atoms with Gasteiger partial charge in [-0.1, -0.05) is 15.9 Å². The lowest BCUT2D eigenvalue weighted by Crippen LogP contribution is -2.47. The van der Waals surface area contributed by atoms with Gasteiger partial charge in [-0.3, -0.25) is 9.69 Å². The number of nitrogens with zero attached hydrogens (tertiary/aromatic N) is 4. The summed E-state index contributed by atoms with van der Waals surface area (Å²) in [5, 5.41) is 17.5. The molecule has 3 rings (SSSR count). The summed E-state index contributed by atoms with van der Waals surface area (Å²) in [7, 11) is 0. The molecule has 6 nitrogen and oxygen atoms in total. The van der Waals surface area contributed by atoms with Crippen molar-refractivity contribution in [2.75, 3.05) is 0 Å². The van der Waals surface area contributed by atoms with Crippen LogP contribution in [-0.4, -0.2) is 36.8 Å². The number of carbonyl (C=O) groups is 1. The van der Waals surface area contributed by atoms with Crippen molar-refractivity contribution in [2.45, 2.75) is 32.6 Å². The van der Waals surface area contributed by atoms with Crippen LogP contribution in [0.2, 0.25) is 0 Å². The highest BCUT2D eigenvalue weighted by Gasteiger charge is 2.33. The van der Waals surface area contributed by atoms with E-state index in [0.29, 0.717) is 23.8 Å². The number of fused-ring (bicyclic) bond motifs is 1. The Labute approximate surface area is 134 Å². The highest BCUT2D eigenvalue weighted by atomic mass is 79.9. The largest absolute Gasteiger partial charge is 0.480 e. The van der Waals surface area contributed by atoms with E-state index in [1.54, 1.807) is 28.5 Å². The molecule has 0 spiro atoms. The fourth-order valence-corrected chi connectivity index (χ4v) is 3.05. The standard InChI is InChI=1S/C14H14BrFN4O2/c1-8-17-18-13-7-19(12(14(21)22)6-20(8)13)5-9-4-10(15)2-3-11(9)16/h2-4,12H,5-7H2,1H3,(H,21,22). The molecule has 2 aromatic rings. The van der Waals surface area contributed by atoms with Crippen molar-refractivity contribution in [3.8, 4) is 0 Å². The molecule has 2 heterocycles. The molecule has 1 atom stereocenters. The molecule has 0 fully saturated rings. The van der Waals surface area contributed by atoms with Crippen molar-refractivity contribution in [2.24, 2.45) is 0 Å². The minimum Gasteiger partial charge on any atom is -0.480 e. The van der Waals surface area contributed by atoms with E-state index < -0.39 is 12.0 Å². The Hall–Kier alpha value is -1.80. The van der Waals surface area contributed by atoms with Crippen LogP contribution in [0.5, 0.6) is 0 Å². The molecule has 1 unspecified atom stereocenters. The molecule has 0 saturated carbocycles. The molecule has 1 aromatic heterocycles. The van der Waals surface area contributed by atoms with Crippen LogP contribution in [0, 0.1) is 12.7 Å². The smallest absolute Gasteiger partial charge is 0.322 e. The lowest BCUT2D eigenvalue weighted by atomic mass is 10.1.